The summed E-state index contributed by atoms with van der Waals surface area (Å²) in [5.41, 5.74) is 2.39. The van der Waals surface area contributed by atoms with E-state index in [0.29, 0.717) is 15.1 Å². The molecule has 0 saturated heterocycles. The maximum Gasteiger partial charge on any atom is 0.248 e. The predicted octanol–water partition coefficient (Wildman–Crippen LogP) is 4.31. The molecule has 0 spiro atoms. The number of aromatic nitrogens is 1. The smallest absolute Gasteiger partial charge is 0.248 e. The number of benzene rings is 1. The van der Waals surface area contributed by atoms with Crippen LogP contribution in [0.2, 0.25) is 15.1 Å². The summed E-state index contributed by atoms with van der Waals surface area (Å²) >= 11 is 17.8. The molecule has 0 bridgehead atoms. The van der Waals surface area contributed by atoms with Gasteiger partial charge in [-0.1, -0.05) is 34.8 Å². The second-order valence-electron chi connectivity index (χ2n) is 3.65. The summed E-state index contributed by atoms with van der Waals surface area (Å²) in [5.74, 6) is 0. The molecule has 1 N–H and O–H groups in total. The van der Waals surface area contributed by atoms with Crippen molar-refractivity contribution in [3.05, 3.63) is 55.4 Å². The molecule has 2 nitrogen and oxygen atoms in total. The molecule has 1 aromatic heterocycles. The second-order valence-corrected chi connectivity index (χ2v) is 4.84. The Morgan fingerprint density at radius 3 is 2.18 bits per heavy atom. The average Bonchev–Trinajstić information content (AvgIpc) is 2.25. The molecule has 17 heavy (non-hydrogen) atoms. The molecule has 0 amide bonds. The van der Waals surface area contributed by atoms with E-state index in [4.69, 9.17) is 34.8 Å². The molecule has 1 aromatic carbocycles. The molecule has 0 saturated carbocycles. The predicted molar refractivity (Wildman–Crippen MR) is 72.3 cm³/mol. The Morgan fingerprint density at radius 2 is 1.65 bits per heavy atom. The van der Waals surface area contributed by atoms with Crippen molar-refractivity contribution in [2.75, 3.05) is 0 Å². The van der Waals surface area contributed by atoms with E-state index in [-0.39, 0.29) is 5.56 Å². The fourth-order valence-corrected chi connectivity index (χ4v) is 2.19. The zero-order chi connectivity index (χ0) is 12.6. The minimum atomic E-state index is -0.141. The lowest BCUT2D eigenvalue weighted by Crippen LogP contribution is -2.04. The number of pyridine rings is 1. The van der Waals surface area contributed by atoms with Crippen LogP contribution in [0.5, 0.6) is 0 Å². The van der Waals surface area contributed by atoms with Crippen molar-refractivity contribution in [2.45, 2.75) is 6.92 Å². The molecule has 2 rings (SSSR count). The van der Waals surface area contributed by atoms with E-state index in [9.17, 15) is 4.79 Å². The maximum atomic E-state index is 11.1. The zero-order valence-corrected chi connectivity index (χ0v) is 11.1. The van der Waals surface area contributed by atoms with Crippen LogP contribution in [0.25, 0.3) is 11.1 Å². The first-order valence-corrected chi connectivity index (χ1v) is 5.96. The Balaban J connectivity index is 2.65. The van der Waals surface area contributed by atoms with Crippen molar-refractivity contribution in [1.82, 2.24) is 4.98 Å². The van der Waals surface area contributed by atoms with E-state index < -0.39 is 0 Å². The molecule has 0 unspecified atom stereocenters. The van der Waals surface area contributed by atoms with Crippen LogP contribution in [0.15, 0.2) is 29.2 Å². The fourth-order valence-electron chi connectivity index (χ4n) is 1.60. The third-order valence-electron chi connectivity index (χ3n) is 2.43. The number of H-pyrrole nitrogens is 1. The zero-order valence-electron chi connectivity index (χ0n) is 8.85. The van der Waals surface area contributed by atoms with Crippen molar-refractivity contribution in [3.8, 4) is 11.1 Å². The number of rotatable bonds is 1. The van der Waals surface area contributed by atoms with Crippen LogP contribution in [0.3, 0.4) is 0 Å². The summed E-state index contributed by atoms with van der Waals surface area (Å²) in [6.45, 7) is 1.85. The quantitative estimate of drug-likeness (QED) is 0.779. The van der Waals surface area contributed by atoms with Gasteiger partial charge in [-0.15, -0.1) is 0 Å². The van der Waals surface area contributed by atoms with Crippen molar-refractivity contribution in [2.24, 2.45) is 0 Å². The topological polar surface area (TPSA) is 32.9 Å². The molecule has 0 radical (unpaired) electrons. The molecule has 2 aromatic rings. The molecule has 0 aliphatic rings. The summed E-state index contributed by atoms with van der Waals surface area (Å²) in [5, 5.41) is 1.11. The standard InChI is InChI=1S/C12H8Cl3NO/c1-6-2-11(17)16-5-8(6)7-3-9(13)12(15)10(14)4-7/h2-5H,1H3,(H,16,17). The Bertz CT molecular complexity index is 611. The lowest BCUT2D eigenvalue weighted by atomic mass is 10.0. The highest BCUT2D eigenvalue weighted by Gasteiger charge is 2.09. The number of nitrogens with one attached hydrogen (secondary N) is 1. The van der Waals surface area contributed by atoms with E-state index in [1.54, 1.807) is 18.3 Å². The van der Waals surface area contributed by atoms with E-state index in [1.807, 2.05) is 6.92 Å². The van der Waals surface area contributed by atoms with Gasteiger partial charge < -0.3 is 4.98 Å². The van der Waals surface area contributed by atoms with Crippen LogP contribution >= 0.6 is 34.8 Å². The number of hydrogen-bond acceptors (Lipinski definition) is 1. The first-order chi connectivity index (χ1) is 7.99. The molecule has 5 heteroatoms. The Kier molecular flexibility index (Phi) is 3.48. The first kappa shape index (κ1) is 12.5. The number of hydrogen-bond donors (Lipinski definition) is 1. The number of aryl methyl sites for hydroxylation is 1. The van der Waals surface area contributed by atoms with Crippen LogP contribution in [0.1, 0.15) is 5.56 Å². The Morgan fingerprint density at radius 1 is 1.06 bits per heavy atom. The molecular weight excluding hydrogens is 280 g/mol. The SMILES string of the molecule is Cc1cc(=O)[nH]cc1-c1cc(Cl)c(Cl)c(Cl)c1. The van der Waals surface area contributed by atoms with Gasteiger partial charge >= 0.3 is 0 Å². The van der Waals surface area contributed by atoms with Gasteiger partial charge in [-0.3, -0.25) is 4.79 Å². The van der Waals surface area contributed by atoms with E-state index >= 15 is 0 Å². The monoisotopic (exact) mass is 287 g/mol. The van der Waals surface area contributed by atoms with Gasteiger partial charge in [-0.2, -0.15) is 0 Å². The van der Waals surface area contributed by atoms with Crippen LogP contribution < -0.4 is 5.56 Å². The van der Waals surface area contributed by atoms with Crippen molar-refractivity contribution in [3.63, 3.8) is 0 Å². The highest BCUT2D eigenvalue weighted by Crippen LogP contribution is 2.35. The lowest BCUT2D eigenvalue weighted by molar-refractivity contribution is 1.21. The van der Waals surface area contributed by atoms with Crippen molar-refractivity contribution < 1.29 is 0 Å². The molecule has 88 valence electrons. The van der Waals surface area contributed by atoms with Crippen molar-refractivity contribution in [1.29, 1.82) is 0 Å². The van der Waals surface area contributed by atoms with Crippen molar-refractivity contribution >= 4 is 34.8 Å². The van der Waals surface area contributed by atoms with E-state index in [1.165, 1.54) is 6.07 Å². The average molecular weight is 289 g/mol. The van der Waals surface area contributed by atoms with Gasteiger partial charge in [0.25, 0.3) is 0 Å². The second kappa shape index (κ2) is 4.73. The molecular formula is C12H8Cl3NO. The van der Waals surface area contributed by atoms with Crippen LogP contribution in [-0.4, -0.2) is 4.98 Å². The van der Waals surface area contributed by atoms with Gasteiger partial charge in [-0.25, -0.2) is 0 Å². The summed E-state index contributed by atoms with van der Waals surface area (Å²) in [6, 6.07) is 4.96. The molecule has 1 heterocycles. The van der Waals surface area contributed by atoms with Crippen LogP contribution in [0, 0.1) is 6.92 Å². The largest absolute Gasteiger partial charge is 0.328 e. The third kappa shape index (κ3) is 2.49. The summed E-state index contributed by atoms with van der Waals surface area (Å²) < 4.78 is 0. The molecule has 0 fully saturated rings. The van der Waals surface area contributed by atoms with Gasteiger partial charge in [0.2, 0.25) is 5.56 Å². The first-order valence-electron chi connectivity index (χ1n) is 4.83. The molecule has 0 atom stereocenters. The highest BCUT2D eigenvalue weighted by molar-refractivity contribution is 6.48. The van der Waals surface area contributed by atoms with Gasteiger partial charge in [0.05, 0.1) is 15.1 Å². The minimum absolute atomic E-state index is 0.141. The van der Waals surface area contributed by atoms with Crippen LogP contribution in [0.4, 0.5) is 0 Å². The number of aromatic amines is 1. The Labute approximate surface area is 113 Å². The van der Waals surface area contributed by atoms with Gasteiger partial charge in [-0.05, 0) is 30.2 Å². The van der Waals surface area contributed by atoms with E-state index in [2.05, 4.69) is 4.98 Å². The van der Waals surface area contributed by atoms with E-state index in [0.717, 1.165) is 16.7 Å². The third-order valence-corrected chi connectivity index (χ3v) is 3.62. The maximum absolute atomic E-state index is 11.1. The summed E-state index contributed by atoms with van der Waals surface area (Å²) in [4.78, 5) is 13.8. The summed E-state index contributed by atoms with van der Waals surface area (Å²) in [7, 11) is 0. The fraction of sp³-hybridized carbons (Fsp3) is 0.0833. The molecule has 0 aliphatic heterocycles. The molecule has 0 aliphatic carbocycles. The minimum Gasteiger partial charge on any atom is -0.328 e. The summed E-state index contributed by atoms with van der Waals surface area (Å²) in [6.07, 6.45) is 1.63. The lowest BCUT2D eigenvalue weighted by Gasteiger charge is -2.08. The highest BCUT2D eigenvalue weighted by atomic mass is 35.5. The van der Waals surface area contributed by atoms with Crippen LogP contribution in [-0.2, 0) is 0 Å². The van der Waals surface area contributed by atoms with Gasteiger partial charge in [0, 0.05) is 17.8 Å². The van der Waals surface area contributed by atoms with Gasteiger partial charge in [0.1, 0.15) is 0 Å². The number of halogens is 3. The normalized spacial score (nSPS) is 10.6. The Hall–Kier alpha value is -0.960. The van der Waals surface area contributed by atoms with Gasteiger partial charge in [0.15, 0.2) is 0 Å².